The van der Waals surface area contributed by atoms with Gasteiger partial charge >= 0.3 is 0 Å². The predicted octanol–water partition coefficient (Wildman–Crippen LogP) is 3.09. The van der Waals surface area contributed by atoms with Crippen LogP contribution in [0, 0.1) is 19.8 Å². The molecule has 0 spiro atoms. The quantitative estimate of drug-likeness (QED) is 0.903. The number of carbonyl (C=O) groups is 2. The summed E-state index contributed by atoms with van der Waals surface area (Å²) >= 11 is 6.33. The minimum Gasteiger partial charge on any atom is -0.356 e. The van der Waals surface area contributed by atoms with Gasteiger partial charge in [-0.25, -0.2) is 0 Å². The summed E-state index contributed by atoms with van der Waals surface area (Å²) < 4.78 is 0. The lowest BCUT2D eigenvalue weighted by atomic mass is 9.89. The number of piperidine rings is 1. The van der Waals surface area contributed by atoms with E-state index in [4.69, 9.17) is 11.6 Å². The van der Waals surface area contributed by atoms with Crippen molar-refractivity contribution in [2.75, 3.05) is 13.1 Å². The Morgan fingerprint density at radius 3 is 2.70 bits per heavy atom. The van der Waals surface area contributed by atoms with Crippen LogP contribution < -0.4 is 5.32 Å². The average Bonchev–Trinajstić information content (AvgIpc) is 2.96. The Labute approximate surface area is 142 Å². The van der Waals surface area contributed by atoms with Crippen molar-refractivity contribution in [3.8, 4) is 0 Å². The lowest BCUT2D eigenvalue weighted by Crippen LogP contribution is -2.48. The zero-order chi connectivity index (χ0) is 16.6. The van der Waals surface area contributed by atoms with Gasteiger partial charge in [-0.15, -0.1) is 0 Å². The van der Waals surface area contributed by atoms with Crippen molar-refractivity contribution in [2.45, 2.75) is 45.6 Å². The fourth-order valence-electron chi connectivity index (χ4n) is 3.70. The van der Waals surface area contributed by atoms with E-state index in [-0.39, 0.29) is 23.8 Å². The fraction of sp³-hybridized carbons (Fsp3) is 0.556. The van der Waals surface area contributed by atoms with Gasteiger partial charge in [-0.3, -0.25) is 9.59 Å². The number of likely N-dealkylation sites (tertiary alicyclic amines) is 1. The van der Waals surface area contributed by atoms with Crippen molar-refractivity contribution >= 4 is 23.4 Å². The molecular formula is C18H23ClN2O2. The number of nitrogens with one attached hydrogen (secondary N) is 1. The maximum Gasteiger partial charge on any atom is 0.255 e. The minimum atomic E-state index is 0.00199. The van der Waals surface area contributed by atoms with Gasteiger partial charge < -0.3 is 10.2 Å². The molecule has 0 radical (unpaired) electrons. The van der Waals surface area contributed by atoms with Gasteiger partial charge in [0.1, 0.15) is 0 Å². The second-order valence-corrected chi connectivity index (χ2v) is 7.15. The molecule has 0 aromatic heterocycles. The number of hydrogen-bond donors (Lipinski definition) is 1. The summed E-state index contributed by atoms with van der Waals surface area (Å²) in [5.74, 6) is 0.316. The normalized spacial score (nSPS) is 24.7. The molecule has 2 aliphatic heterocycles. The van der Waals surface area contributed by atoms with Crippen molar-refractivity contribution in [2.24, 2.45) is 5.92 Å². The maximum absolute atomic E-state index is 13.1. The molecule has 2 unspecified atom stereocenters. The first-order chi connectivity index (χ1) is 11.0. The van der Waals surface area contributed by atoms with Gasteiger partial charge in [0.05, 0.1) is 10.6 Å². The molecule has 3 rings (SSSR count). The highest BCUT2D eigenvalue weighted by atomic mass is 35.5. The Hall–Kier alpha value is -1.55. The minimum absolute atomic E-state index is 0.00199. The number of hydrogen-bond acceptors (Lipinski definition) is 2. The summed E-state index contributed by atoms with van der Waals surface area (Å²) in [6.07, 6.45) is 3.61. The molecule has 0 bridgehead atoms. The first-order valence-corrected chi connectivity index (χ1v) is 8.69. The van der Waals surface area contributed by atoms with Gasteiger partial charge in [-0.1, -0.05) is 11.6 Å². The van der Waals surface area contributed by atoms with Crippen LogP contribution in [0.15, 0.2) is 12.1 Å². The standard InChI is InChI=1S/C18H23ClN2O2/c1-11-7-14(15(19)8-12(11)2)18(23)21-6-4-3-5-16(21)13-9-17(22)20-10-13/h7-8,13,16H,3-6,9-10H2,1-2H3,(H,20,22). The molecular weight excluding hydrogens is 312 g/mol. The molecule has 2 atom stereocenters. The van der Waals surface area contributed by atoms with Crippen LogP contribution >= 0.6 is 11.6 Å². The molecule has 1 aromatic rings. The number of nitrogens with zero attached hydrogens (tertiary/aromatic N) is 1. The summed E-state index contributed by atoms with van der Waals surface area (Å²) in [6, 6.07) is 3.89. The van der Waals surface area contributed by atoms with Crippen LogP contribution in [0.3, 0.4) is 0 Å². The molecule has 5 heteroatoms. The molecule has 1 N–H and O–H groups in total. The number of carbonyl (C=O) groups excluding carboxylic acids is 2. The number of aryl methyl sites for hydroxylation is 2. The highest BCUT2D eigenvalue weighted by Gasteiger charge is 2.37. The number of amides is 2. The van der Waals surface area contributed by atoms with Crippen molar-refractivity contribution in [1.29, 1.82) is 0 Å². The first kappa shape index (κ1) is 16.3. The Balaban J connectivity index is 1.87. The van der Waals surface area contributed by atoms with Crippen molar-refractivity contribution < 1.29 is 9.59 Å². The van der Waals surface area contributed by atoms with Gasteiger partial charge in [-0.05, 0) is 56.4 Å². The largest absolute Gasteiger partial charge is 0.356 e. The molecule has 2 heterocycles. The molecule has 0 saturated carbocycles. The third-order valence-corrected chi connectivity index (χ3v) is 5.49. The van der Waals surface area contributed by atoms with E-state index >= 15 is 0 Å². The van der Waals surface area contributed by atoms with Crippen molar-refractivity contribution in [3.05, 3.63) is 33.8 Å². The summed E-state index contributed by atoms with van der Waals surface area (Å²) in [5, 5.41) is 3.41. The predicted molar refractivity (Wildman–Crippen MR) is 90.7 cm³/mol. The van der Waals surface area contributed by atoms with Crippen molar-refractivity contribution in [3.63, 3.8) is 0 Å². The second-order valence-electron chi connectivity index (χ2n) is 6.75. The molecule has 2 fully saturated rings. The van der Waals surface area contributed by atoms with Gasteiger partial charge in [0, 0.05) is 31.5 Å². The number of rotatable bonds is 2. The molecule has 23 heavy (non-hydrogen) atoms. The van der Waals surface area contributed by atoms with Crippen LogP contribution in [0.25, 0.3) is 0 Å². The van der Waals surface area contributed by atoms with Gasteiger partial charge in [0.25, 0.3) is 5.91 Å². The van der Waals surface area contributed by atoms with Gasteiger partial charge in [0.2, 0.25) is 5.91 Å². The molecule has 4 nitrogen and oxygen atoms in total. The van der Waals surface area contributed by atoms with Crippen LogP contribution in [0.2, 0.25) is 5.02 Å². The third kappa shape index (κ3) is 3.23. The Kier molecular flexibility index (Phi) is 4.62. The van der Waals surface area contributed by atoms with Crippen LogP contribution in [0.4, 0.5) is 0 Å². The summed E-state index contributed by atoms with van der Waals surface area (Å²) in [6.45, 7) is 5.41. The van der Waals surface area contributed by atoms with Crippen LogP contribution in [0.1, 0.15) is 47.2 Å². The van der Waals surface area contributed by atoms with Crippen LogP contribution in [-0.2, 0) is 4.79 Å². The highest BCUT2D eigenvalue weighted by Crippen LogP contribution is 2.31. The molecule has 2 saturated heterocycles. The summed E-state index contributed by atoms with van der Waals surface area (Å²) in [4.78, 5) is 26.6. The van der Waals surface area contributed by atoms with Gasteiger partial charge in [-0.2, -0.15) is 0 Å². The zero-order valence-electron chi connectivity index (χ0n) is 13.7. The van der Waals surface area contributed by atoms with E-state index in [2.05, 4.69) is 5.32 Å². The maximum atomic E-state index is 13.1. The lowest BCUT2D eigenvalue weighted by Gasteiger charge is -2.39. The number of halogens is 1. The SMILES string of the molecule is Cc1cc(Cl)c(C(=O)N2CCCCC2C2CNC(=O)C2)cc1C. The monoisotopic (exact) mass is 334 g/mol. The first-order valence-electron chi connectivity index (χ1n) is 8.32. The number of benzene rings is 1. The fourth-order valence-corrected chi connectivity index (χ4v) is 4.00. The van der Waals surface area contributed by atoms with Crippen LogP contribution in [-0.4, -0.2) is 35.8 Å². The third-order valence-electron chi connectivity index (χ3n) is 5.18. The van der Waals surface area contributed by atoms with E-state index in [1.54, 1.807) is 0 Å². The molecule has 2 aliphatic rings. The zero-order valence-corrected chi connectivity index (χ0v) is 14.4. The van der Waals surface area contributed by atoms with E-state index in [0.29, 0.717) is 23.6 Å². The van der Waals surface area contributed by atoms with E-state index in [1.165, 1.54) is 0 Å². The van der Waals surface area contributed by atoms with E-state index < -0.39 is 0 Å². The Morgan fingerprint density at radius 2 is 2.00 bits per heavy atom. The molecule has 2 amide bonds. The van der Waals surface area contributed by atoms with E-state index in [1.807, 2.05) is 30.9 Å². The molecule has 1 aromatic carbocycles. The summed E-state index contributed by atoms with van der Waals surface area (Å²) in [5.41, 5.74) is 2.75. The van der Waals surface area contributed by atoms with Crippen molar-refractivity contribution in [1.82, 2.24) is 10.2 Å². The second kappa shape index (κ2) is 6.52. The molecule has 124 valence electrons. The van der Waals surface area contributed by atoms with Gasteiger partial charge in [0.15, 0.2) is 0 Å². The topological polar surface area (TPSA) is 49.4 Å². The average molecular weight is 335 g/mol. The Bertz CT molecular complexity index is 644. The van der Waals surface area contributed by atoms with E-state index in [9.17, 15) is 9.59 Å². The van der Waals surface area contributed by atoms with Crippen LogP contribution in [0.5, 0.6) is 0 Å². The Morgan fingerprint density at radius 1 is 1.26 bits per heavy atom. The highest BCUT2D eigenvalue weighted by molar-refractivity contribution is 6.34. The molecule has 0 aliphatic carbocycles. The summed E-state index contributed by atoms with van der Waals surface area (Å²) in [7, 11) is 0. The lowest BCUT2D eigenvalue weighted by molar-refractivity contribution is -0.119. The smallest absolute Gasteiger partial charge is 0.255 e. The van der Waals surface area contributed by atoms with E-state index in [0.717, 1.165) is 36.9 Å².